The van der Waals surface area contributed by atoms with Crippen molar-refractivity contribution in [2.45, 2.75) is 77.2 Å². The fourth-order valence-electron chi connectivity index (χ4n) is 3.00. The van der Waals surface area contributed by atoms with Crippen LogP contribution in [0.2, 0.25) is 0 Å². The number of aliphatic hydroxyl groups is 1. The number of unbranched alkanes of at least 4 members (excludes halogenated alkanes) is 2. The van der Waals surface area contributed by atoms with Gasteiger partial charge in [-0.15, -0.1) is 12.3 Å². The largest absolute Gasteiger partial charge is 0.393 e. The first-order valence-corrected chi connectivity index (χ1v) is 7.39. The van der Waals surface area contributed by atoms with Crippen molar-refractivity contribution in [1.29, 1.82) is 0 Å². The van der Waals surface area contributed by atoms with Gasteiger partial charge in [0.2, 0.25) is 0 Å². The smallest absolute Gasteiger partial charge is 0.0568 e. The Bertz CT molecular complexity index is 220. The zero-order valence-electron chi connectivity index (χ0n) is 11.3. The van der Waals surface area contributed by atoms with E-state index in [0.717, 1.165) is 25.2 Å². The molecule has 1 N–H and O–H groups in total. The molecule has 0 saturated heterocycles. The van der Waals surface area contributed by atoms with Crippen molar-refractivity contribution in [2.75, 3.05) is 0 Å². The molecule has 0 amide bonds. The van der Waals surface area contributed by atoms with Crippen LogP contribution in [0.15, 0.2) is 0 Å². The van der Waals surface area contributed by atoms with E-state index in [1.165, 1.54) is 44.9 Å². The number of hydrogen-bond donors (Lipinski definition) is 1. The summed E-state index contributed by atoms with van der Waals surface area (Å²) in [6, 6.07) is 0. The molecule has 1 atom stereocenters. The van der Waals surface area contributed by atoms with Gasteiger partial charge in [-0.05, 0) is 37.5 Å². The Morgan fingerprint density at radius 3 is 2.53 bits per heavy atom. The molecule has 1 rings (SSSR count). The Labute approximate surface area is 107 Å². The summed E-state index contributed by atoms with van der Waals surface area (Å²) in [6.45, 7) is 2.26. The Morgan fingerprint density at radius 1 is 1.24 bits per heavy atom. The van der Waals surface area contributed by atoms with Crippen LogP contribution in [0.3, 0.4) is 0 Å². The van der Waals surface area contributed by atoms with Gasteiger partial charge in [-0.1, -0.05) is 39.0 Å². The van der Waals surface area contributed by atoms with Crippen molar-refractivity contribution in [2.24, 2.45) is 11.8 Å². The predicted molar refractivity (Wildman–Crippen MR) is 73.7 cm³/mol. The summed E-state index contributed by atoms with van der Waals surface area (Å²) in [7, 11) is 0. The first-order valence-electron chi connectivity index (χ1n) is 7.39. The SMILES string of the molecule is C#CCCCC(O)C1CCC(CCCC)CC1. The molecule has 0 bridgehead atoms. The second-order valence-corrected chi connectivity index (χ2v) is 5.59. The van der Waals surface area contributed by atoms with Gasteiger partial charge in [0.1, 0.15) is 0 Å². The summed E-state index contributed by atoms with van der Waals surface area (Å²) in [5.74, 6) is 4.13. The molecule has 0 radical (unpaired) electrons. The highest BCUT2D eigenvalue weighted by atomic mass is 16.3. The van der Waals surface area contributed by atoms with E-state index < -0.39 is 0 Å². The molecule has 0 aromatic carbocycles. The molecule has 0 spiro atoms. The van der Waals surface area contributed by atoms with Gasteiger partial charge in [-0.25, -0.2) is 0 Å². The first-order chi connectivity index (χ1) is 8.27. The second kappa shape index (κ2) is 8.59. The van der Waals surface area contributed by atoms with Crippen molar-refractivity contribution in [1.82, 2.24) is 0 Å². The molecule has 0 aromatic rings. The van der Waals surface area contributed by atoms with E-state index >= 15 is 0 Å². The highest BCUT2D eigenvalue weighted by Gasteiger charge is 2.25. The van der Waals surface area contributed by atoms with Crippen molar-refractivity contribution in [3.05, 3.63) is 0 Å². The molecule has 0 aromatic heterocycles. The summed E-state index contributed by atoms with van der Waals surface area (Å²) in [5.41, 5.74) is 0. The molecule has 1 fully saturated rings. The maximum absolute atomic E-state index is 10.1. The van der Waals surface area contributed by atoms with Gasteiger partial charge in [-0.3, -0.25) is 0 Å². The molecule has 1 aliphatic rings. The number of terminal acetylenes is 1. The molecule has 1 nitrogen and oxygen atoms in total. The lowest BCUT2D eigenvalue weighted by Crippen LogP contribution is -2.25. The Morgan fingerprint density at radius 2 is 1.94 bits per heavy atom. The monoisotopic (exact) mass is 236 g/mol. The van der Waals surface area contributed by atoms with Crippen LogP contribution in [0.1, 0.15) is 71.1 Å². The average Bonchev–Trinajstić information content (AvgIpc) is 2.37. The Hall–Kier alpha value is -0.480. The standard InChI is InChI=1S/C16H28O/c1-3-5-7-9-16(17)15-12-10-14(11-13-15)8-6-4-2/h1,14-17H,4-13H2,2H3. The fraction of sp³-hybridized carbons (Fsp3) is 0.875. The third kappa shape index (κ3) is 5.59. The van der Waals surface area contributed by atoms with E-state index in [4.69, 9.17) is 6.42 Å². The zero-order valence-corrected chi connectivity index (χ0v) is 11.3. The minimum absolute atomic E-state index is 0.101. The van der Waals surface area contributed by atoms with Gasteiger partial charge in [0.25, 0.3) is 0 Å². The second-order valence-electron chi connectivity index (χ2n) is 5.59. The van der Waals surface area contributed by atoms with E-state index in [1.807, 2.05) is 0 Å². The van der Waals surface area contributed by atoms with Gasteiger partial charge in [0, 0.05) is 6.42 Å². The lowest BCUT2D eigenvalue weighted by Gasteiger charge is -2.31. The zero-order chi connectivity index (χ0) is 12.5. The van der Waals surface area contributed by atoms with Crippen LogP contribution in [0.25, 0.3) is 0 Å². The van der Waals surface area contributed by atoms with E-state index in [9.17, 15) is 5.11 Å². The lowest BCUT2D eigenvalue weighted by atomic mass is 9.77. The van der Waals surface area contributed by atoms with Crippen molar-refractivity contribution in [3.8, 4) is 12.3 Å². The van der Waals surface area contributed by atoms with E-state index in [2.05, 4.69) is 12.8 Å². The third-order valence-corrected chi connectivity index (χ3v) is 4.22. The average molecular weight is 236 g/mol. The summed E-state index contributed by atoms with van der Waals surface area (Å²) in [6.07, 6.45) is 17.0. The van der Waals surface area contributed by atoms with Gasteiger partial charge < -0.3 is 5.11 Å². The summed E-state index contributed by atoms with van der Waals surface area (Å²) < 4.78 is 0. The highest BCUT2D eigenvalue weighted by Crippen LogP contribution is 2.34. The Kier molecular flexibility index (Phi) is 7.37. The van der Waals surface area contributed by atoms with Crippen LogP contribution in [-0.2, 0) is 0 Å². The van der Waals surface area contributed by atoms with Gasteiger partial charge in [-0.2, -0.15) is 0 Å². The van der Waals surface area contributed by atoms with Gasteiger partial charge in [0.15, 0.2) is 0 Å². The third-order valence-electron chi connectivity index (χ3n) is 4.22. The number of rotatable bonds is 7. The first kappa shape index (κ1) is 14.6. The van der Waals surface area contributed by atoms with E-state index in [0.29, 0.717) is 5.92 Å². The van der Waals surface area contributed by atoms with Crippen LogP contribution in [0.5, 0.6) is 0 Å². The highest BCUT2D eigenvalue weighted by molar-refractivity contribution is 4.84. The summed E-state index contributed by atoms with van der Waals surface area (Å²) >= 11 is 0. The quantitative estimate of drug-likeness (QED) is 0.520. The summed E-state index contributed by atoms with van der Waals surface area (Å²) in [4.78, 5) is 0. The molecule has 17 heavy (non-hydrogen) atoms. The van der Waals surface area contributed by atoms with Crippen molar-refractivity contribution in [3.63, 3.8) is 0 Å². The molecule has 0 aliphatic heterocycles. The van der Waals surface area contributed by atoms with Crippen LogP contribution in [0, 0.1) is 24.2 Å². The Balaban J connectivity index is 2.15. The molecule has 0 heterocycles. The van der Waals surface area contributed by atoms with Gasteiger partial charge in [0.05, 0.1) is 6.10 Å². The number of hydrogen-bond acceptors (Lipinski definition) is 1. The predicted octanol–water partition coefficient (Wildman–Crippen LogP) is 4.15. The molecule has 1 unspecified atom stereocenters. The maximum atomic E-state index is 10.1. The topological polar surface area (TPSA) is 20.2 Å². The number of aliphatic hydroxyl groups excluding tert-OH is 1. The van der Waals surface area contributed by atoms with Gasteiger partial charge >= 0.3 is 0 Å². The fourth-order valence-corrected chi connectivity index (χ4v) is 3.00. The molecule has 1 aliphatic carbocycles. The van der Waals surface area contributed by atoms with Crippen molar-refractivity contribution < 1.29 is 5.11 Å². The normalized spacial score (nSPS) is 26.4. The van der Waals surface area contributed by atoms with Crippen LogP contribution >= 0.6 is 0 Å². The van der Waals surface area contributed by atoms with Crippen LogP contribution in [0.4, 0.5) is 0 Å². The molecule has 1 heteroatoms. The molecular weight excluding hydrogens is 208 g/mol. The lowest BCUT2D eigenvalue weighted by molar-refractivity contribution is 0.0643. The molecular formula is C16H28O. The van der Waals surface area contributed by atoms with Crippen molar-refractivity contribution >= 4 is 0 Å². The minimum atomic E-state index is -0.101. The van der Waals surface area contributed by atoms with Crippen LogP contribution in [-0.4, -0.2) is 11.2 Å². The molecule has 98 valence electrons. The van der Waals surface area contributed by atoms with Crippen LogP contribution < -0.4 is 0 Å². The molecule has 1 saturated carbocycles. The van der Waals surface area contributed by atoms with E-state index in [-0.39, 0.29) is 6.10 Å². The maximum Gasteiger partial charge on any atom is 0.0568 e. The summed E-state index contributed by atoms with van der Waals surface area (Å²) in [5, 5.41) is 10.1. The minimum Gasteiger partial charge on any atom is -0.393 e. The van der Waals surface area contributed by atoms with E-state index in [1.54, 1.807) is 0 Å².